The van der Waals surface area contributed by atoms with E-state index in [4.69, 9.17) is 0 Å². The molecule has 2 aliphatic heterocycles. The molecule has 0 radical (unpaired) electrons. The van der Waals surface area contributed by atoms with Crippen molar-refractivity contribution in [3.05, 3.63) is 117 Å². The maximum atomic E-state index is 13.5. The summed E-state index contributed by atoms with van der Waals surface area (Å²) in [7, 11) is 0. The van der Waals surface area contributed by atoms with Gasteiger partial charge in [-0.1, -0.05) is 48.5 Å². The Balaban J connectivity index is 1.18. The fraction of sp³-hybridized carbons (Fsp3) is 0.235. The fourth-order valence-electron chi connectivity index (χ4n) is 5.83. The molecule has 4 amide bonds. The molecule has 42 heavy (non-hydrogen) atoms. The van der Waals surface area contributed by atoms with Crippen LogP contribution < -0.4 is 10.6 Å². The normalized spacial score (nSPS) is 14.3. The molecule has 0 saturated heterocycles. The summed E-state index contributed by atoms with van der Waals surface area (Å²) in [6.45, 7) is 6.62. The van der Waals surface area contributed by atoms with Crippen molar-refractivity contribution in [1.29, 1.82) is 0 Å². The summed E-state index contributed by atoms with van der Waals surface area (Å²) in [6, 6.07) is 22.5. The Morgan fingerprint density at radius 1 is 0.500 bits per heavy atom. The number of benzene rings is 4. The van der Waals surface area contributed by atoms with Crippen LogP contribution in [-0.2, 0) is 13.1 Å². The summed E-state index contributed by atoms with van der Waals surface area (Å²) in [5.74, 6) is -1.68. The molecule has 0 unspecified atom stereocenters. The van der Waals surface area contributed by atoms with Crippen LogP contribution in [0, 0.1) is 13.8 Å². The van der Waals surface area contributed by atoms with Crippen LogP contribution in [0.4, 0.5) is 0 Å². The molecule has 212 valence electrons. The Morgan fingerprint density at radius 2 is 0.833 bits per heavy atom. The summed E-state index contributed by atoms with van der Waals surface area (Å²) < 4.78 is 0. The lowest BCUT2D eigenvalue weighted by molar-refractivity contribution is 0.0590. The molecule has 2 heterocycles. The van der Waals surface area contributed by atoms with E-state index in [1.165, 1.54) is 20.9 Å². The topological polar surface area (TPSA) is 98.8 Å². The highest BCUT2D eigenvalue weighted by molar-refractivity contribution is 6.33. The highest BCUT2D eigenvalue weighted by atomic mass is 16.2. The highest BCUT2D eigenvalue weighted by Gasteiger charge is 2.39. The van der Waals surface area contributed by atoms with Gasteiger partial charge in [0.1, 0.15) is 0 Å². The molecule has 6 rings (SSSR count). The molecule has 0 aromatic heterocycles. The van der Waals surface area contributed by atoms with Crippen molar-refractivity contribution in [3.63, 3.8) is 0 Å². The third-order valence-electron chi connectivity index (χ3n) is 8.24. The summed E-state index contributed by atoms with van der Waals surface area (Å²) in [5.41, 5.74) is 5.98. The van der Waals surface area contributed by atoms with E-state index in [1.54, 1.807) is 24.3 Å². The summed E-state index contributed by atoms with van der Waals surface area (Å²) >= 11 is 0. The molecule has 0 spiro atoms. The van der Waals surface area contributed by atoms with E-state index in [9.17, 15) is 19.2 Å². The first-order chi connectivity index (χ1) is 20.4. The van der Waals surface area contributed by atoms with Crippen molar-refractivity contribution in [3.8, 4) is 0 Å². The average Bonchev–Trinajstić information content (AvgIpc) is 2.99. The first-order valence-electron chi connectivity index (χ1n) is 14.2. The van der Waals surface area contributed by atoms with Gasteiger partial charge in [0, 0.05) is 72.3 Å². The highest BCUT2D eigenvalue weighted by Crippen LogP contribution is 2.37. The second kappa shape index (κ2) is 11.3. The summed E-state index contributed by atoms with van der Waals surface area (Å²) in [6.07, 6.45) is 0. The average molecular weight is 561 g/mol. The zero-order valence-corrected chi connectivity index (χ0v) is 23.7. The minimum atomic E-state index is -0.420. The van der Waals surface area contributed by atoms with Crippen molar-refractivity contribution in [2.75, 3.05) is 26.2 Å². The van der Waals surface area contributed by atoms with E-state index >= 15 is 0 Å². The molecule has 0 aliphatic carbocycles. The van der Waals surface area contributed by atoms with Gasteiger partial charge >= 0.3 is 0 Å². The van der Waals surface area contributed by atoms with Crippen molar-refractivity contribution in [2.45, 2.75) is 26.9 Å². The summed E-state index contributed by atoms with van der Waals surface area (Å²) in [4.78, 5) is 56.4. The van der Waals surface area contributed by atoms with Gasteiger partial charge < -0.3 is 10.6 Å². The molecule has 0 fully saturated rings. The first kappa shape index (κ1) is 27.5. The molecule has 8 heteroatoms. The molecule has 0 saturated carbocycles. The van der Waals surface area contributed by atoms with Crippen molar-refractivity contribution >= 4 is 34.4 Å². The molecule has 4 aromatic rings. The van der Waals surface area contributed by atoms with E-state index < -0.39 is 23.6 Å². The van der Waals surface area contributed by atoms with E-state index in [0.29, 0.717) is 59.2 Å². The monoisotopic (exact) mass is 560 g/mol. The van der Waals surface area contributed by atoms with Gasteiger partial charge in [0.2, 0.25) is 0 Å². The van der Waals surface area contributed by atoms with Gasteiger partial charge in [0.05, 0.1) is 0 Å². The van der Waals surface area contributed by atoms with Crippen molar-refractivity contribution < 1.29 is 19.2 Å². The van der Waals surface area contributed by atoms with Gasteiger partial charge in [0.15, 0.2) is 0 Å². The Hall–Kier alpha value is -4.66. The van der Waals surface area contributed by atoms with Gasteiger partial charge in [-0.15, -0.1) is 0 Å². The minimum absolute atomic E-state index is 0.204. The number of imide groups is 2. The SMILES string of the molecule is Cc1ccccc1CNCCN1C(=O)c2ccc3c4c(ccc(c24)C1=O)C(=O)N(CCNCc1ccccc1C)C3=O. The predicted molar refractivity (Wildman–Crippen MR) is 160 cm³/mol. The summed E-state index contributed by atoms with van der Waals surface area (Å²) in [5, 5.41) is 7.42. The number of nitrogens with one attached hydrogen (secondary N) is 2. The van der Waals surface area contributed by atoms with Crippen LogP contribution >= 0.6 is 0 Å². The van der Waals surface area contributed by atoms with Crippen LogP contribution in [0.2, 0.25) is 0 Å². The van der Waals surface area contributed by atoms with Gasteiger partial charge in [-0.05, 0) is 60.4 Å². The lowest BCUT2D eigenvalue weighted by atomic mass is 9.86. The van der Waals surface area contributed by atoms with Crippen molar-refractivity contribution in [1.82, 2.24) is 20.4 Å². The number of carbonyl (C=O) groups excluding carboxylic acids is 4. The predicted octanol–water partition coefficient (Wildman–Crippen LogP) is 4.23. The van der Waals surface area contributed by atoms with Crippen molar-refractivity contribution in [2.24, 2.45) is 0 Å². The third kappa shape index (κ3) is 4.78. The van der Waals surface area contributed by atoms with E-state index in [1.807, 2.05) is 62.4 Å². The quantitative estimate of drug-likeness (QED) is 0.223. The number of carbonyl (C=O) groups is 4. The van der Waals surface area contributed by atoms with Crippen LogP contribution in [0.3, 0.4) is 0 Å². The lowest BCUT2D eigenvalue weighted by Gasteiger charge is -2.32. The van der Waals surface area contributed by atoms with Crippen LogP contribution in [-0.4, -0.2) is 59.6 Å². The van der Waals surface area contributed by atoms with Crippen LogP contribution in [0.15, 0.2) is 72.8 Å². The Bertz CT molecular complexity index is 1560. The number of amides is 4. The number of hydrogen-bond acceptors (Lipinski definition) is 6. The van der Waals surface area contributed by atoms with Crippen LogP contribution in [0.5, 0.6) is 0 Å². The zero-order chi connectivity index (χ0) is 29.4. The van der Waals surface area contributed by atoms with E-state index in [0.717, 1.165) is 11.1 Å². The Labute approximate surface area is 244 Å². The van der Waals surface area contributed by atoms with Gasteiger partial charge in [-0.2, -0.15) is 0 Å². The Kier molecular flexibility index (Phi) is 7.41. The lowest BCUT2D eigenvalue weighted by Crippen LogP contribution is -2.46. The molecule has 4 aromatic carbocycles. The van der Waals surface area contributed by atoms with Gasteiger partial charge in [-0.3, -0.25) is 29.0 Å². The second-order valence-corrected chi connectivity index (χ2v) is 10.8. The minimum Gasteiger partial charge on any atom is -0.311 e. The Morgan fingerprint density at radius 3 is 1.17 bits per heavy atom. The standard InChI is InChI=1S/C34H32N4O4/c1-21-7-3-5-9-23(21)19-35-15-17-37-31(39)25-11-13-27-30-28(14-12-26(29(25)30)32(37)40)34(42)38(33(27)41)18-16-36-20-24-10-6-4-8-22(24)2/h3-14,35-36H,15-20H2,1-2H3. The van der Waals surface area contributed by atoms with Crippen LogP contribution in [0.25, 0.3) is 10.8 Å². The van der Waals surface area contributed by atoms with Gasteiger partial charge in [0.25, 0.3) is 23.6 Å². The third-order valence-corrected chi connectivity index (χ3v) is 8.24. The number of rotatable bonds is 10. The van der Waals surface area contributed by atoms with Crippen LogP contribution in [0.1, 0.15) is 63.7 Å². The maximum Gasteiger partial charge on any atom is 0.261 e. The molecule has 2 aliphatic rings. The second-order valence-electron chi connectivity index (χ2n) is 10.8. The van der Waals surface area contributed by atoms with E-state index in [-0.39, 0.29) is 13.1 Å². The number of hydrogen-bond donors (Lipinski definition) is 2. The number of aryl methyl sites for hydroxylation is 2. The van der Waals surface area contributed by atoms with Gasteiger partial charge in [-0.25, -0.2) is 0 Å². The molecule has 8 nitrogen and oxygen atoms in total. The first-order valence-corrected chi connectivity index (χ1v) is 14.2. The largest absolute Gasteiger partial charge is 0.311 e. The zero-order valence-electron chi connectivity index (χ0n) is 23.7. The molecular formula is C34H32N4O4. The smallest absolute Gasteiger partial charge is 0.261 e. The fourth-order valence-corrected chi connectivity index (χ4v) is 5.83. The molecular weight excluding hydrogens is 528 g/mol. The maximum absolute atomic E-state index is 13.5. The number of nitrogens with zero attached hydrogens (tertiary/aromatic N) is 2. The molecule has 0 bridgehead atoms. The molecule has 0 atom stereocenters. The molecule has 2 N–H and O–H groups in total. The van der Waals surface area contributed by atoms with E-state index in [2.05, 4.69) is 10.6 Å².